The average molecular weight is 409 g/mol. The Bertz CT molecular complexity index is 886. The molecule has 154 valence electrons. The first-order valence-corrected chi connectivity index (χ1v) is 9.63. The van der Waals surface area contributed by atoms with Crippen LogP contribution in [0.25, 0.3) is 11.0 Å². The van der Waals surface area contributed by atoms with Crippen LogP contribution in [0.2, 0.25) is 0 Å². The summed E-state index contributed by atoms with van der Waals surface area (Å²) in [5.41, 5.74) is 2.43. The molecule has 1 aromatic carbocycles. The van der Waals surface area contributed by atoms with Gasteiger partial charge in [0, 0.05) is 18.2 Å². The fourth-order valence-corrected chi connectivity index (χ4v) is 3.51. The Balaban J connectivity index is 0.00000280. The minimum atomic E-state index is -0.342. The Kier molecular flexibility index (Phi) is 7.89. The minimum absolute atomic E-state index is 0. The molecule has 1 saturated heterocycles. The maximum Gasteiger partial charge on any atom is 0.339 e. The monoisotopic (exact) mass is 408 g/mol. The predicted molar refractivity (Wildman–Crippen MR) is 113 cm³/mol. The molecule has 0 saturated carbocycles. The van der Waals surface area contributed by atoms with E-state index in [9.17, 15) is 9.59 Å². The summed E-state index contributed by atoms with van der Waals surface area (Å²) in [7, 11) is 0. The molecule has 0 radical (unpaired) electrons. The van der Waals surface area contributed by atoms with Crippen molar-refractivity contribution in [1.29, 1.82) is 0 Å². The highest BCUT2D eigenvalue weighted by Crippen LogP contribution is 2.30. The first-order chi connectivity index (χ1) is 13.0. The van der Waals surface area contributed by atoms with E-state index in [2.05, 4.69) is 10.6 Å². The molecule has 7 heteroatoms. The van der Waals surface area contributed by atoms with Gasteiger partial charge in [0.1, 0.15) is 11.3 Å². The molecule has 1 amide bonds. The predicted octanol–water partition coefficient (Wildman–Crippen LogP) is 3.17. The van der Waals surface area contributed by atoms with Crippen molar-refractivity contribution in [2.75, 3.05) is 19.7 Å². The van der Waals surface area contributed by atoms with E-state index in [1.54, 1.807) is 6.92 Å². The highest BCUT2D eigenvalue weighted by Gasteiger charge is 2.16. The van der Waals surface area contributed by atoms with Gasteiger partial charge in [-0.15, -0.1) is 12.4 Å². The lowest BCUT2D eigenvalue weighted by Crippen LogP contribution is -2.41. The van der Waals surface area contributed by atoms with Gasteiger partial charge in [-0.1, -0.05) is 12.8 Å². The number of halogens is 1. The Morgan fingerprint density at radius 1 is 1.21 bits per heavy atom. The number of benzene rings is 1. The molecule has 1 aromatic heterocycles. The lowest BCUT2D eigenvalue weighted by molar-refractivity contribution is -0.123. The lowest BCUT2D eigenvalue weighted by Gasteiger charge is -2.17. The van der Waals surface area contributed by atoms with Gasteiger partial charge in [-0.3, -0.25) is 4.79 Å². The fraction of sp³-hybridized carbons (Fsp3) is 0.524. The van der Waals surface area contributed by atoms with Crippen LogP contribution in [0.1, 0.15) is 42.4 Å². The van der Waals surface area contributed by atoms with Crippen molar-refractivity contribution in [3.05, 3.63) is 39.2 Å². The van der Waals surface area contributed by atoms with Crippen LogP contribution in [0.4, 0.5) is 0 Å². The number of carbonyl (C=O) groups is 1. The summed E-state index contributed by atoms with van der Waals surface area (Å²) < 4.78 is 11.2. The van der Waals surface area contributed by atoms with Crippen LogP contribution in [-0.4, -0.2) is 31.6 Å². The van der Waals surface area contributed by atoms with E-state index in [1.807, 2.05) is 26.0 Å². The molecular weight excluding hydrogens is 380 g/mol. The van der Waals surface area contributed by atoms with Crippen molar-refractivity contribution in [2.45, 2.75) is 52.5 Å². The van der Waals surface area contributed by atoms with Gasteiger partial charge in [0.15, 0.2) is 6.61 Å². The third kappa shape index (κ3) is 5.26. The maximum absolute atomic E-state index is 12.2. The second-order valence-corrected chi connectivity index (χ2v) is 7.37. The highest BCUT2D eigenvalue weighted by molar-refractivity contribution is 5.88. The zero-order valence-electron chi connectivity index (χ0n) is 16.7. The molecule has 3 rings (SSSR count). The van der Waals surface area contributed by atoms with E-state index < -0.39 is 0 Å². The summed E-state index contributed by atoms with van der Waals surface area (Å²) >= 11 is 0. The number of hydrogen-bond donors (Lipinski definition) is 2. The van der Waals surface area contributed by atoms with Crippen LogP contribution in [0.15, 0.2) is 21.3 Å². The topological polar surface area (TPSA) is 80.6 Å². The molecule has 6 nitrogen and oxygen atoms in total. The van der Waals surface area contributed by atoms with Crippen LogP contribution in [0.3, 0.4) is 0 Å². The number of amides is 1. The van der Waals surface area contributed by atoms with E-state index >= 15 is 0 Å². The quantitative estimate of drug-likeness (QED) is 0.743. The van der Waals surface area contributed by atoms with Crippen LogP contribution in [0, 0.1) is 20.8 Å². The number of fused-ring (bicyclic) bond motifs is 1. The van der Waals surface area contributed by atoms with E-state index in [0.29, 0.717) is 29.5 Å². The first-order valence-electron chi connectivity index (χ1n) is 9.63. The molecule has 1 atom stereocenters. The summed E-state index contributed by atoms with van der Waals surface area (Å²) in [6.45, 7) is 7.06. The second-order valence-electron chi connectivity index (χ2n) is 7.37. The van der Waals surface area contributed by atoms with E-state index in [0.717, 1.165) is 29.5 Å². The van der Waals surface area contributed by atoms with Crippen LogP contribution >= 0.6 is 12.4 Å². The normalized spacial score (nSPS) is 16.9. The van der Waals surface area contributed by atoms with Crippen LogP contribution in [0.5, 0.6) is 5.75 Å². The van der Waals surface area contributed by atoms with Gasteiger partial charge in [0.25, 0.3) is 5.91 Å². The van der Waals surface area contributed by atoms with Gasteiger partial charge in [-0.25, -0.2) is 4.79 Å². The van der Waals surface area contributed by atoms with E-state index in [4.69, 9.17) is 9.15 Å². The van der Waals surface area contributed by atoms with E-state index in [-0.39, 0.29) is 30.5 Å². The number of ether oxygens (including phenoxy) is 1. The fourth-order valence-electron chi connectivity index (χ4n) is 3.51. The van der Waals surface area contributed by atoms with Gasteiger partial charge < -0.3 is 19.8 Å². The lowest BCUT2D eigenvalue weighted by atomic mass is 10.0. The molecule has 0 bridgehead atoms. The van der Waals surface area contributed by atoms with Gasteiger partial charge in [0.05, 0.1) is 5.39 Å². The molecule has 1 fully saturated rings. The molecule has 2 N–H and O–H groups in total. The first kappa shape index (κ1) is 22.2. The van der Waals surface area contributed by atoms with Crippen LogP contribution < -0.4 is 21.0 Å². The van der Waals surface area contributed by atoms with Crippen molar-refractivity contribution in [3.8, 4) is 5.75 Å². The summed E-state index contributed by atoms with van der Waals surface area (Å²) in [5, 5.41) is 7.16. The highest BCUT2D eigenvalue weighted by atomic mass is 35.5. The zero-order valence-corrected chi connectivity index (χ0v) is 17.5. The second kappa shape index (κ2) is 9.94. The van der Waals surface area contributed by atoms with Gasteiger partial charge in [0.2, 0.25) is 0 Å². The SMILES string of the molecule is Cc1cc(OCC(=O)NCC2CCCCCN2)c2c(C)c(C)c(=O)oc2c1.Cl. The number of carbonyl (C=O) groups excluding carboxylic acids is 1. The Hall–Kier alpha value is -2.05. The largest absolute Gasteiger partial charge is 0.483 e. The van der Waals surface area contributed by atoms with Crippen LogP contribution in [-0.2, 0) is 4.79 Å². The molecule has 2 heterocycles. The van der Waals surface area contributed by atoms with E-state index in [1.165, 1.54) is 19.3 Å². The summed E-state index contributed by atoms with van der Waals surface area (Å²) in [4.78, 5) is 24.2. The number of nitrogens with one attached hydrogen (secondary N) is 2. The third-order valence-electron chi connectivity index (χ3n) is 5.22. The number of hydrogen-bond acceptors (Lipinski definition) is 5. The summed E-state index contributed by atoms with van der Waals surface area (Å²) in [5.74, 6) is 0.416. The van der Waals surface area contributed by atoms with Gasteiger partial charge in [-0.2, -0.15) is 0 Å². The molecule has 1 aliphatic rings. The van der Waals surface area contributed by atoms with Crippen molar-refractivity contribution >= 4 is 29.3 Å². The molecule has 2 aromatic rings. The number of rotatable bonds is 5. The smallest absolute Gasteiger partial charge is 0.339 e. The van der Waals surface area contributed by atoms with Crippen molar-refractivity contribution in [2.24, 2.45) is 0 Å². The standard InChI is InChI=1S/C21H28N2O4.ClH/c1-13-9-17(20-14(2)15(3)21(25)27-18(20)10-13)26-12-19(24)23-11-16-7-5-4-6-8-22-16;/h9-10,16,22H,4-8,11-12H2,1-3H3,(H,23,24);1H. The molecule has 28 heavy (non-hydrogen) atoms. The van der Waals surface area contributed by atoms with Gasteiger partial charge in [-0.05, 0) is 63.4 Å². The maximum atomic E-state index is 12.2. The molecular formula is C21H29ClN2O4. The Morgan fingerprint density at radius 3 is 2.79 bits per heavy atom. The average Bonchev–Trinajstić information content (AvgIpc) is 2.91. The van der Waals surface area contributed by atoms with Crippen molar-refractivity contribution in [3.63, 3.8) is 0 Å². The minimum Gasteiger partial charge on any atom is -0.483 e. The molecule has 1 unspecified atom stereocenters. The van der Waals surface area contributed by atoms with Crippen molar-refractivity contribution in [1.82, 2.24) is 10.6 Å². The Labute approximate surface area is 171 Å². The molecule has 1 aliphatic heterocycles. The number of aryl methyl sites for hydroxylation is 2. The summed E-state index contributed by atoms with van der Waals surface area (Å²) in [6.07, 6.45) is 4.73. The van der Waals surface area contributed by atoms with Crippen molar-refractivity contribution < 1.29 is 13.9 Å². The Morgan fingerprint density at radius 2 is 2.00 bits per heavy atom. The summed E-state index contributed by atoms with van der Waals surface area (Å²) in [6, 6.07) is 4.01. The molecule has 0 spiro atoms. The third-order valence-corrected chi connectivity index (χ3v) is 5.22. The van der Waals surface area contributed by atoms with Gasteiger partial charge >= 0.3 is 5.63 Å². The zero-order chi connectivity index (χ0) is 19.4. The molecule has 0 aliphatic carbocycles.